The lowest BCUT2D eigenvalue weighted by atomic mass is 9.68. The molecule has 2 N–H and O–H groups in total. The van der Waals surface area contributed by atoms with Crippen LogP contribution in [0, 0.1) is 17.8 Å². The van der Waals surface area contributed by atoms with Gasteiger partial charge in [0, 0.05) is 35.0 Å². The fourth-order valence-corrected chi connectivity index (χ4v) is 8.19. The number of halogens is 1. The second kappa shape index (κ2) is 11.0. The smallest absolute Gasteiger partial charge is 0.292 e. The number of nitrogens with zero attached hydrogens (tertiary/aromatic N) is 1. The normalized spacial score (nSPS) is 33.6. The number of anilines is 1. The largest absolute Gasteiger partial charge is 0.593 e. The van der Waals surface area contributed by atoms with Crippen LogP contribution in [0.15, 0.2) is 48.6 Å². The van der Waals surface area contributed by atoms with Crippen molar-refractivity contribution in [1.82, 2.24) is 4.72 Å². The summed E-state index contributed by atoms with van der Waals surface area (Å²) < 4.78 is 21.9. The summed E-state index contributed by atoms with van der Waals surface area (Å²) in [4.78, 5) is 15.5. The number of carbonyl (C=O) groups excluding carboxylic acids is 1. The first-order valence-corrected chi connectivity index (χ1v) is 15.9. The van der Waals surface area contributed by atoms with Crippen molar-refractivity contribution in [2.45, 2.75) is 57.0 Å². The maximum absolute atomic E-state index is 13.1. The van der Waals surface area contributed by atoms with E-state index in [1.54, 1.807) is 6.07 Å². The molecular formula is C31H37ClN2O4S. The number of carbonyl (C=O) groups is 1. The maximum Gasteiger partial charge on any atom is 0.292 e. The fourth-order valence-electron chi connectivity index (χ4n) is 6.93. The van der Waals surface area contributed by atoms with E-state index in [1.165, 1.54) is 11.1 Å². The molecule has 2 aliphatic heterocycles. The molecule has 8 heteroatoms. The van der Waals surface area contributed by atoms with Crippen molar-refractivity contribution in [3.63, 3.8) is 0 Å². The van der Waals surface area contributed by atoms with Crippen molar-refractivity contribution in [3.8, 4) is 5.75 Å². The van der Waals surface area contributed by atoms with E-state index in [0.29, 0.717) is 30.3 Å². The van der Waals surface area contributed by atoms with Gasteiger partial charge in [0.05, 0.1) is 29.8 Å². The lowest BCUT2D eigenvalue weighted by Crippen LogP contribution is -2.49. The van der Waals surface area contributed by atoms with E-state index in [2.05, 4.69) is 21.8 Å². The zero-order valence-electron chi connectivity index (χ0n) is 22.4. The molecule has 5 unspecified atom stereocenters. The fraction of sp³-hybridized carbons (Fsp3) is 0.516. The third-order valence-corrected chi connectivity index (χ3v) is 10.7. The average molecular weight is 569 g/mol. The van der Waals surface area contributed by atoms with Crippen molar-refractivity contribution < 1.29 is 19.2 Å². The summed E-state index contributed by atoms with van der Waals surface area (Å²) in [5.74, 6) is 1.46. The van der Waals surface area contributed by atoms with Crippen LogP contribution in [0.4, 0.5) is 5.69 Å². The van der Waals surface area contributed by atoms with Gasteiger partial charge in [-0.25, -0.2) is 0 Å². The summed E-state index contributed by atoms with van der Waals surface area (Å²) in [5.41, 5.74) is 3.76. The van der Waals surface area contributed by atoms with Gasteiger partial charge in [-0.3, -0.25) is 4.79 Å². The molecule has 2 aliphatic carbocycles. The number of nitrogens with one attached hydrogen (secondary N) is 1. The summed E-state index contributed by atoms with van der Waals surface area (Å²) in [6, 6.07) is 11.8. The molecule has 1 fully saturated rings. The van der Waals surface area contributed by atoms with Crippen LogP contribution in [0.1, 0.15) is 60.5 Å². The number of fused-ring (bicyclic) bond motifs is 4. The summed E-state index contributed by atoms with van der Waals surface area (Å²) in [6.07, 6.45) is 9.30. The molecule has 208 valence electrons. The van der Waals surface area contributed by atoms with E-state index in [0.717, 1.165) is 61.7 Å². The average Bonchev–Trinajstić information content (AvgIpc) is 3.03. The Kier molecular flexibility index (Phi) is 7.62. The molecule has 1 saturated carbocycles. The summed E-state index contributed by atoms with van der Waals surface area (Å²) >= 11 is 4.89. The van der Waals surface area contributed by atoms with E-state index >= 15 is 0 Å². The van der Waals surface area contributed by atoms with Gasteiger partial charge in [0.25, 0.3) is 5.91 Å². The minimum atomic E-state index is -1.49. The van der Waals surface area contributed by atoms with Crippen LogP contribution >= 0.6 is 11.6 Å². The Balaban J connectivity index is 1.40. The van der Waals surface area contributed by atoms with Crippen molar-refractivity contribution in [2.75, 3.05) is 30.3 Å². The quantitative estimate of drug-likeness (QED) is 0.337. The molecule has 6 nitrogen and oxygen atoms in total. The van der Waals surface area contributed by atoms with Gasteiger partial charge < -0.3 is 19.3 Å². The number of hydrogen-bond donors (Lipinski definition) is 2. The predicted octanol–water partition coefficient (Wildman–Crippen LogP) is 5.19. The molecule has 0 saturated heterocycles. The first-order valence-electron chi connectivity index (χ1n) is 14.2. The molecule has 6 atom stereocenters. The van der Waals surface area contributed by atoms with Gasteiger partial charge in [0.15, 0.2) is 0 Å². The van der Waals surface area contributed by atoms with Crippen LogP contribution in [0.5, 0.6) is 5.75 Å². The third-order valence-electron chi connectivity index (χ3n) is 9.18. The maximum atomic E-state index is 13.1. The van der Waals surface area contributed by atoms with Crippen molar-refractivity contribution in [3.05, 3.63) is 70.3 Å². The number of hydrogen-bond acceptors (Lipinski definition) is 5. The number of allylic oxidation sites excluding steroid dienone is 1. The number of ether oxygens (including phenoxy) is 1. The lowest BCUT2D eigenvalue weighted by molar-refractivity contribution is 0.0456. The SMILES string of the molecule is C[C@@H]1C/C=C/C(O)C2CCC2CN2CC3(CCCc4cc(Cl)ccc43)COc3ccc(cc32)C(=O)N[S+]([O-])C1. The number of aliphatic hydroxyl groups excluding tert-OH is 1. The van der Waals surface area contributed by atoms with Gasteiger partial charge in [-0.05, 0) is 91.8 Å². The van der Waals surface area contributed by atoms with Crippen LogP contribution in [0.25, 0.3) is 0 Å². The Morgan fingerprint density at radius 3 is 2.92 bits per heavy atom. The molecule has 2 aromatic carbocycles. The Morgan fingerprint density at radius 2 is 2.10 bits per heavy atom. The van der Waals surface area contributed by atoms with Crippen molar-refractivity contribution >= 4 is 34.6 Å². The molecule has 2 heterocycles. The predicted molar refractivity (Wildman–Crippen MR) is 156 cm³/mol. The number of amides is 1. The lowest BCUT2D eigenvalue weighted by Gasteiger charge is -2.45. The first kappa shape index (κ1) is 27.0. The van der Waals surface area contributed by atoms with Gasteiger partial charge in [-0.2, -0.15) is 4.72 Å². The minimum absolute atomic E-state index is 0.125. The van der Waals surface area contributed by atoms with Crippen LogP contribution < -0.4 is 14.4 Å². The number of rotatable bonds is 0. The second-order valence-corrected chi connectivity index (χ2v) is 13.7. The molecule has 6 rings (SSSR count). The summed E-state index contributed by atoms with van der Waals surface area (Å²) in [5, 5.41) is 11.8. The van der Waals surface area contributed by atoms with Gasteiger partial charge >= 0.3 is 0 Å². The highest BCUT2D eigenvalue weighted by molar-refractivity contribution is 7.90. The monoisotopic (exact) mass is 568 g/mol. The minimum Gasteiger partial charge on any atom is -0.593 e. The summed E-state index contributed by atoms with van der Waals surface area (Å²) in [7, 11) is 0. The first-order chi connectivity index (χ1) is 18.8. The topological polar surface area (TPSA) is 84.9 Å². The molecule has 1 spiro atoms. The zero-order valence-corrected chi connectivity index (χ0v) is 24.0. The Bertz CT molecular complexity index is 1270. The highest BCUT2D eigenvalue weighted by Gasteiger charge is 2.44. The van der Waals surface area contributed by atoms with Crippen LogP contribution in [-0.4, -0.2) is 47.1 Å². The molecule has 2 aromatic rings. The Labute approximate surface area is 239 Å². The van der Waals surface area contributed by atoms with Gasteiger partial charge in [-0.1, -0.05) is 36.7 Å². The highest BCUT2D eigenvalue weighted by atomic mass is 35.5. The molecule has 39 heavy (non-hydrogen) atoms. The Morgan fingerprint density at radius 1 is 1.23 bits per heavy atom. The standard InChI is InChI=1S/C31H37ClN2O4S/c1-20-4-2-6-28(35)25-10-7-23(25)16-34-18-31(13-3-5-21-14-24(32)9-11-26(21)31)19-38-29-12-8-22(15-27(29)34)30(36)33-39(37)17-20/h2,6,8-9,11-12,14-15,20,23,25,28,35H,3-5,7,10,13,16-19H2,1H3,(H,33,36)/b6-2+/t20-,23?,25?,28?,31?,39?/m1/s1. The van der Waals surface area contributed by atoms with E-state index in [1.807, 2.05) is 37.3 Å². The third kappa shape index (κ3) is 5.43. The number of benzene rings is 2. The Hall–Kier alpha value is -2.19. The van der Waals surface area contributed by atoms with Crippen LogP contribution in [0.2, 0.25) is 5.02 Å². The van der Waals surface area contributed by atoms with Crippen LogP contribution in [-0.2, 0) is 23.2 Å². The molecular weight excluding hydrogens is 532 g/mol. The number of aliphatic hydroxyl groups is 1. The van der Waals surface area contributed by atoms with Gasteiger partial charge in [-0.15, -0.1) is 0 Å². The van der Waals surface area contributed by atoms with Gasteiger partial charge in [0.1, 0.15) is 11.5 Å². The van der Waals surface area contributed by atoms with E-state index in [-0.39, 0.29) is 23.2 Å². The molecule has 0 aromatic heterocycles. The number of aryl methyl sites for hydroxylation is 1. The second-order valence-electron chi connectivity index (χ2n) is 12.0. The van der Waals surface area contributed by atoms with E-state index in [4.69, 9.17) is 16.3 Å². The van der Waals surface area contributed by atoms with Gasteiger partial charge in [0.2, 0.25) is 0 Å². The summed E-state index contributed by atoms with van der Waals surface area (Å²) in [6.45, 7) is 4.11. The van der Waals surface area contributed by atoms with E-state index in [9.17, 15) is 14.5 Å². The van der Waals surface area contributed by atoms with Crippen molar-refractivity contribution in [2.24, 2.45) is 17.8 Å². The molecule has 0 radical (unpaired) electrons. The molecule has 4 aliphatic rings. The zero-order chi connectivity index (χ0) is 27.1. The van der Waals surface area contributed by atoms with E-state index < -0.39 is 17.5 Å². The highest BCUT2D eigenvalue weighted by Crippen LogP contribution is 2.46. The molecule has 2 bridgehead atoms. The molecule has 1 amide bonds. The van der Waals surface area contributed by atoms with Crippen molar-refractivity contribution in [1.29, 1.82) is 0 Å². The van der Waals surface area contributed by atoms with Crippen LogP contribution in [0.3, 0.4) is 0 Å².